The molecule has 0 spiro atoms. The fourth-order valence-electron chi connectivity index (χ4n) is 9.59. The third kappa shape index (κ3) is 13.6. The number of halogens is 2. The van der Waals surface area contributed by atoms with Crippen molar-refractivity contribution >= 4 is 69.1 Å². The Hall–Kier alpha value is -5.57. The third-order valence-electron chi connectivity index (χ3n) is 13.3. The number of aromatic nitrogens is 2. The van der Waals surface area contributed by atoms with Gasteiger partial charge < -0.3 is 45.1 Å². The molecule has 8 rings (SSSR count). The monoisotopic (exact) mass is 1000 g/mol. The predicted octanol–water partition coefficient (Wildman–Crippen LogP) is 6.48. The normalized spacial score (nSPS) is 22.3. The van der Waals surface area contributed by atoms with Gasteiger partial charge in [-0.15, -0.1) is 11.3 Å². The Morgan fingerprint density at radius 2 is 1.63 bits per heavy atom. The number of piperidine rings is 1. The van der Waals surface area contributed by atoms with Crippen LogP contribution in [0, 0.1) is 11.2 Å². The van der Waals surface area contributed by atoms with Crippen molar-refractivity contribution in [1.82, 2.24) is 30.8 Å². The van der Waals surface area contributed by atoms with Crippen molar-refractivity contribution in [2.24, 2.45) is 5.41 Å². The lowest BCUT2D eigenvalue weighted by Gasteiger charge is -2.40. The zero-order valence-corrected chi connectivity index (χ0v) is 40.6. The topological polar surface area (TPSA) is 211 Å². The highest BCUT2D eigenvalue weighted by Gasteiger charge is 2.44. The number of imide groups is 1. The number of hydrogen-bond donors (Lipinski definition) is 5. The van der Waals surface area contributed by atoms with Crippen LogP contribution >= 0.6 is 22.9 Å². The summed E-state index contributed by atoms with van der Waals surface area (Å²) in [6.07, 6.45) is 8.44. The van der Waals surface area contributed by atoms with Gasteiger partial charge in [0.05, 0.1) is 62.6 Å². The number of carbonyl (C=O) groups is 5. The number of nitrogens with zero attached hydrogens (tertiary/aromatic N) is 3. The van der Waals surface area contributed by atoms with E-state index in [0.717, 1.165) is 36.5 Å². The number of thiazole rings is 1. The number of ether oxygens (including phenoxy) is 4. The number of benzene rings is 2. The van der Waals surface area contributed by atoms with Crippen LogP contribution in [0.1, 0.15) is 92.2 Å². The molecule has 4 aromatic rings. The maximum Gasteiger partial charge on any atom is 0.255 e. The molecule has 1 unspecified atom stereocenters. The van der Waals surface area contributed by atoms with Gasteiger partial charge in [-0.2, -0.15) is 0 Å². The number of anilines is 3. The zero-order chi connectivity index (χ0) is 48.9. The van der Waals surface area contributed by atoms with Gasteiger partial charge in [0.2, 0.25) is 23.6 Å². The SMILES string of the molecule is O=C1CCC(N2Cc3cc(NC(=O)CCOCCOCCOCCN[C@H]4CC[C@@H](NC(=O)[C@]5(Cc6cccc(Nc7nccs7)n6)CC[C@@H](Oc6cccc(Cl)c6F)CC5)CC4)ccc3C2=O)C(=O)N1. The maximum atomic E-state index is 14.7. The van der Waals surface area contributed by atoms with Crippen LogP contribution in [-0.4, -0.2) is 115 Å². The number of amides is 5. The largest absolute Gasteiger partial charge is 0.487 e. The van der Waals surface area contributed by atoms with Crippen LogP contribution in [0.5, 0.6) is 5.75 Å². The standard InChI is InChI=1S/C50H60ClFN8O9S/c51-39-4-2-5-41(45(39)52)69-37-15-18-50(19-16-37,30-36-3-1-6-42(55-36)58-49-54-21-28-70-49)48(65)57-34-9-7-33(8-10-34)53-20-23-67-25-27-68-26-24-66-22-17-44(62)56-35-11-12-38-32(29-35)31-60(47(38)64)40-13-14-43(61)59-46(40)63/h1-6,11-12,21,28-29,33-34,37,40,53H,7-10,13-20,22-27,30-31H2,(H,56,62)(H,57,65)(H,54,55,58)(H,59,61,63)/t33-,34+,37-,40?,50-. The summed E-state index contributed by atoms with van der Waals surface area (Å²) in [7, 11) is 0. The molecule has 1 saturated heterocycles. The lowest BCUT2D eigenvalue weighted by Crippen LogP contribution is -2.52. The van der Waals surface area contributed by atoms with Crippen LogP contribution in [0.3, 0.4) is 0 Å². The third-order valence-corrected chi connectivity index (χ3v) is 14.3. The highest BCUT2D eigenvalue weighted by molar-refractivity contribution is 7.13. The zero-order valence-electron chi connectivity index (χ0n) is 39.0. The fraction of sp³-hybridized carbons (Fsp3) is 0.500. The Labute approximate surface area is 415 Å². The molecule has 0 bridgehead atoms. The van der Waals surface area contributed by atoms with Gasteiger partial charge >= 0.3 is 0 Å². The molecular formula is C50H60ClFN8O9S. The van der Waals surface area contributed by atoms with E-state index in [1.54, 1.807) is 36.5 Å². The summed E-state index contributed by atoms with van der Waals surface area (Å²) in [5.41, 5.74) is 1.84. The van der Waals surface area contributed by atoms with Gasteiger partial charge in [0.25, 0.3) is 5.91 Å². The molecule has 20 heteroatoms. The van der Waals surface area contributed by atoms with Gasteiger partial charge in [-0.05, 0) is 106 Å². The minimum Gasteiger partial charge on any atom is -0.487 e. The molecular weight excluding hydrogens is 943 g/mol. The highest BCUT2D eigenvalue weighted by atomic mass is 35.5. The fourth-order valence-corrected chi connectivity index (χ4v) is 10.3. The highest BCUT2D eigenvalue weighted by Crippen LogP contribution is 2.42. The van der Waals surface area contributed by atoms with Crippen LogP contribution < -0.4 is 31.3 Å². The van der Waals surface area contributed by atoms with Crippen molar-refractivity contribution in [2.45, 2.75) is 108 Å². The van der Waals surface area contributed by atoms with E-state index in [2.05, 4.69) is 31.6 Å². The molecule has 70 heavy (non-hydrogen) atoms. The molecule has 2 aromatic heterocycles. The molecule has 17 nitrogen and oxygen atoms in total. The smallest absolute Gasteiger partial charge is 0.255 e. The van der Waals surface area contributed by atoms with Crippen LogP contribution in [0.25, 0.3) is 0 Å². The molecule has 5 N–H and O–H groups in total. The number of nitrogens with one attached hydrogen (secondary N) is 5. The first-order valence-electron chi connectivity index (χ1n) is 24.1. The van der Waals surface area contributed by atoms with Crippen molar-refractivity contribution in [3.05, 3.63) is 93.8 Å². The number of hydrogen-bond acceptors (Lipinski definition) is 14. The minimum absolute atomic E-state index is 0.0138. The lowest BCUT2D eigenvalue weighted by molar-refractivity contribution is -0.137. The predicted molar refractivity (Wildman–Crippen MR) is 260 cm³/mol. The molecule has 374 valence electrons. The summed E-state index contributed by atoms with van der Waals surface area (Å²) in [5, 5.41) is 18.0. The van der Waals surface area contributed by atoms with Gasteiger partial charge in [-0.3, -0.25) is 29.3 Å². The van der Waals surface area contributed by atoms with E-state index in [4.69, 9.17) is 35.5 Å². The summed E-state index contributed by atoms with van der Waals surface area (Å²) in [6, 6.07) is 15.3. The Balaban J connectivity index is 0.679. The molecule has 5 amide bonds. The van der Waals surface area contributed by atoms with Gasteiger partial charge in [0, 0.05) is 66.5 Å². The molecule has 2 aliphatic heterocycles. The quantitative estimate of drug-likeness (QED) is 0.0399. The van der Waals surface area contributed by atoms with Crippen LogP contribution in [0.4, 0.5) is 21.0 Å². The van der Waals surface area contributed by atoms with E-state index in [0.29, 0.717) is 100 Å². The van der Waals surface area contributed by atoms with Gasteiger partial charge in [-0.25, -0.2) is 14.4 Å². The van der Waals surface area contributed by atoms with E-state index in [9.17, 15) is 28.4 Å². The van der Waals surface area contributed by atoms with E-state index >= 15 is 0 Å². The van der Waals surface area contributed by atoms with Crippen molar-refractivity contribution < 1.29 is 47.3 Å². The van der Waals surface area contributed by atoms with Crippen molar-refractivity contribution in [1.29, 1.82) is 0 Å². The van der Waals surface area contributed by atoms with Gasteiger partial charge in [-0.1, -0.05) is 23.7 Å². The minimum atomic E-state index is -0.702. The summed E-state index contributed by atoms with van der Waals surface area (Å²) in [6.45, 7) is 3.23. The molecule has 2 aliphatic carbocycles. The van der Waals surface area contributed by atoms with E-state index in [1.165, 1.54) is 22.3 Å². The summed E-state index contributed by atoms with van der Waals surface area (Å²) < 4.78 is 37.8. The molecule has 2 aromatic carbocycles. The lowest BCUT2D eigenvalue weighted by atomic mass is 9.69. The molecule has 1 atom stereocenters. The number of fused-ring (bicyclic) bond motifs is 1. The molecule has 3 fully saturated rings. The van der Waals surface area contributed by atoms with E-state index in [1.807, 2.05) is 23.6 Å². The Bertz CT molecular complexity index is 2450. The molecule has 0 radical (unpaired) electrons. The number of pyridine rings is 1. The first kappa shape index (κ1) is 50.8. The number of carbonyl (C=O) groups excluding carboxylic acids is 5. The summed E-state index contributed by atoms with van der Waals surface area (Å²) in [4.78, 5) is 74.3. The van der Waals surface area contributed by atoms with Crippen LogP contribution in [-0.2, 0) is 46.4 Å². The second-order valence-electron chi connectivity index (χ2n) is 18.2. The second-order valence-corrected chi connectivity index (χ2v) is 19.5. The first-order chi connectivity index (χ1) is 34.0. The van der Waals surface area contributed by atoms with Gasteiger partial charge in [0.15, 0.2) is 16.7 Å². The Morgan fingerprint density at radius 1 is 0.886 bits per heavy atom. The molecule has 2 saturated carbocycles. The summed E-state index contributed by atoms with van der Waals surface area (Å²) in [5.74, 6) is -1.06. The van der Waals surface area contributed by atoms with E-state index < -0.39 is 23.2 Å². The first-order valence-corrected chi connectivity index (χ1v) is 25.4. The number of rotatable bonds is 23. The van der Waals surface area contributed by atoms with Crippen LogP contribution in [0.15, 0.2) is 66.2 Å². The Morgan fingerprint density at radius 3 is 2.39 bits per heavy atom. The molecule has 4 aliphatic rings. The van der Waals surface area contributed by atoms with Crippen molar-refractivity contribution in [3.8, 4) is 5.75 Å². The maximum absolute atomic E-state index is 14.7. The van der Waals surface area contributed by atoms with E-state index in [-0.39, 0.29) is 79.0 Å². The average molecular weight is 1000 g/mol. The summed E-state index contributed by atoms with van der Waals surface area (Å²) >= 11 is 7.50. The Kier molecular flexibility index (Phi) is 17.8. The average Bonchev–Trinajstić information content (AvgIpc) is 3.98. The van der Waals surface area contributed by atoms with Crippen molar-refractivity contribution in [2.75, 3.05) is 56.8 Å². The van der Waals surface area contributed by atoms with Crippen LogP contribution in [0.2, 0.25) is 5.02 Å². The van der Waals surface area contributed by atoms with Gasteiger partial charge in [0.1, 0.15) is 11.9 Å². The second kappa shape index (κ2) is 24.5. The van der Waals surface area contributed by atoms with Crippen molar-refractivity contribution in [3.63, 3.8) is 0 Å². The molecule has 4 heterocycles.